The molecule has 6 heteroatoms. The lowest BCUT2D eigenvalue weighted by molar-refractivity contribution is 0.0322. The summed E-state index contributed by atoms with van der Waals surface area (Å²) in [5.41, 5.74) is 8.11. The monoisotopic (exact) mass is 343 g/mol. The van der Waals surface area contributed by atoms with Gasteiger partial charge in [0.05, 0.1) is 26.5 Å². The van der Waals surface area contributed by atoms with Crippen molar-refractivity contribution in [2.45, 2.75) is 6.42 Å². The summed E-state index contributed by atoms with van der Waals surface area (Å²) in [6, 6.07) is 9.93. The number of hydrogen-bond donors (Lipinski definition) is 1. The zero-order chi connectivity index (χ0) is 17.5. The minimum Gasteiger partial charge on any atom is -0.497 e. The molecule has 3 rings (SSSR count). The van der Waals surface area contributed by atoms with Crippen LogP contribution in [0.15, 0.2) is 36.5 Å². The summed E-state index contributed by atoms with van der Waals surface area (Å²) in [5.74, 6) is 2.12. The van der Waals surface area contributed by atoms with Crippen LogP contribution in [-0.4, -0.2) is 56.4 Å². The second-order valence-corrected chi connectivity index (χ2v) is 6.05. The number of hydrogen-bond acceptors (Lipinski definition) is 6. The SMILES string of the molecule is COc1cccc(Cc2cc(OCCN3CCOCC3)cnc2N)c1. The van der Waals surface area contributed by atoms with Gasteiger partial charge in [-0.05, 0) is 23.8 Å². The van der Waals surface area contributed by atoms with Gasteiger partial charge in [-0.2, -0.15) is 0 Å². The number of methoxy groups -OCH3 is 1. The molecule has 1 aliphatic heterocycles. The first kappa shape index (κ1) is 17.5. The molecule has 1 aromatic heterocycles. The molecule has 1 saturated heterocycles. The maximum atomic E-state index is 6.03. The van der Waals surface area contributed by atoms with Gasteiger partial charge in [0.1, 0.15) is 23.9 Å². The molecule has 2 aromatic rings. The van der Waals surface area contributed by atoms with Gasteiger partial charge in [0.2, 0.25) is 0 Å². The zero-order valence-corrected chi connectivity index (χ0v) is 14.6. The summed E-state index contributed by atoms with van der Waals surface area (Å²) in [4.78, 5) is 6.61. The molecule has 0 saturated carbocycles. The Labute approximate surface area is 148 Å². The van der Waals surface area contributed by atoms with E-state index >= 15 is 0 Å². The van der Waals surface area contributed by atoms with Crippen LogP contribution in [0, 0.1) is 0 Å². The van der Waals surface area contributed by atoms with E-state index in [4.69, 9.17) is 19.9 Å². The lowest BCUT2D eigenvalue weighted by atomic mass is 10.1. The highest BCUT2D eigenvalue weighted by Crippen LogP contribution is 2.22. The van der Waals surface area contributed by atoms with Crippen LogP contribution in [0.2, 0.25) is 0 Å². The van der Waals surface area contributed by atoms with Crippen molar-refractivity contribution < 1.29 is 14.2 Å². The van der Waals surface area contributed by atoms with Gasteiger partial charge in [0.15, 0.2) is 0 Å². The second kappa shape index (κ2) is 8.69. The molecule has 134 valence electrons. The molecule has 0 radical (unpaired) electrons. The molecule has 1 fully saturated rings. The van der Waals surface area contributed by atoms with Crippen LogP contribution in [0.1, 0.15) is 11.1 Å². The first-order chi connectivity index (χ1) is 12.2. The number of pyridine rings is 1. The van der Waals surface area contributed by atoms with E-state index in [9.17, 15) is 0 Å². The first-order valence-electron chi connectivity index (χ1n) is 8.55. The third-order valence-corrected chi connectivity index (χ3v) is 4.29. The van der Waals surface area contributed by atoms with Crippen LogP contribution in [0.3, 0.4) is 0 Å². The highest BCUT2D eigenvalue weighted by molar-refractivity contribution is 5.46. The Kier molecular flexibility index (Phi) is 6.09. The number of nitrogen functional groups attached to an aromatic ring is 1. The molecule has 25 heavy (non-hydrogen) atoms. The second-order valence-electron chi connectivity index (χ2n) is 6.05. The molecule has 0 atom stereocenters. The molecular formula is C19H25N3O3. The summed E-state index contributed by atoms with van der Waals surface area (Å²) in [5, 5.41) is 0. The quantitative estimate of drug-likeness (QED) is 0.829. The molecule has 1 aromatic carbocycles. The largest absolute Gasteiger partial charge is 0.497 e. The number of anilines is 1. The fraction of sp³-hybridized carbons (Fsp3) is 0.421. The van der Waals surface area contributed by atoms with Crippen molar-refractivity contribution in [1.29, 1.82) is 0 Å². The first-order valence-corrected chi connectivity index (χ1v) is 8.55. The highest BCUT2D eigenvalue weighted by Gasteiger charge is 2.10. The maximum absolute atomic E-state index is 6.03. The van der Waals surface area contributed by atoms with Crippen molar-refractivity contribution in [1.82, 2.24) is 9.88 Å². The van der Waals surface area contributed by atoms with Gasteiger partial charge in [-0.1, -0.05) is 12.1 Å². The van der Waals surface area contributed by atoms with E-state index in [0.717, 1.165) is 55.5 Å². The van der Waals surface area contributed by atoms with Gasteiger partial charge in [0.25, 0.3) is 0 Å². The molecule has 0 unspecified atom stereocenters. The Morgan fingerprint density at radius 2 is 2.04 bits per heavy atom. The van der Waals surface area contributed by atoms with Gasteiger partial charge in [0, 0.05) is 31.6 Å². The normalized spacial score (nSPS) is 15.1. The summed E-state index contributed by atoms with van der Waals surface area (Å²) in [6.07, 6.45) is 2.38. The number of morpholine rings is 1. The zero-order valence-electron chi connectivity index (χ0n) is 14.6. The van der Waals surface area contributed by atoms with Crippen LogP contribution in [0.4, 0.5) is 5.82 Å². The van der Waals surface area contributed by atoms with E-state index in [1.165, 1.54) is 0 Å². The Hall–Kier alpha value is -2.31. The molecule has 2 N–H and O–H groups in total. The van der Waals surface area contributed by atoms with Crippen molar-refractivity contribution in [2.24, 2.45) is 0 Å². The van der Waals surface area contributed by atoms with Crippen LogP contribution >= 0.6 is 0 Å². The number of nitrogens with zero attached hydrogens (tertiary/aromatic N) is 2. The lowest BCUT2D eigenvalue weighted by Crippen LogP contribution is -2.38. The number of rotatable bonds is 7. The molecule has 1 aliphatic rings. The summed E-state index contributed by atoms with van der Waals surface area (Å²) in [6.45, 7) is 5.04. The predicted octanol–water partition coefficient (Wildman–Crippen LogP) is 1.97. The van der Waals surface area contributed by atoms with Crippen molar-refractivity contribution in [3.8, 4) is 11.5 Å². The van der Waals surface area contributed by atoms with Gasteiger partial charge >= 0.3 is 0 Å². The van der Waals surface area contributed by atoms with Crippen molar-refractivity contribution >= 4 is 5.82 Å². The fourth-order valence-corrected chi connectivity index (χ4v) is 2.84. The van der Waals surface area contributed by atoms with Crippen LogP contribution in [0.5, 0.6) is 11.5 Å². The minimum absolute atomic E-state index is 0.531. The van der Waals surface area contributed by atoms with E-state index in [0.29, 0.717) is 18.8 Å². The van der Waals surface area contributed by atoms with Gasteiger partial charge in [-0.15, -0.1) is 0 Å². The molecule has 0 amide bonds. The molecule has 0 aliphatic carbocycles. The molecule has 6 nitrogen and oxygen atoms in total. The van der Waals surface area contributed by atoms with E-state index in [1.54, 1.807) is 13.3 Å². The van der Waals surface area contributed by atoms with Crippen molar-refractivity contribution in [2.75, 3.05) is 52.3 Å². The summed E-state index contributed by atoms with van der Waals surface area (Å²) < 4.78 is 16.5. The maximum Gasteiger partial charge on any atom is 0.138 e. The average molecular weight is 343 g/mol. The van der Waals surface area contributed by atoms with E-state index in [1.807, 2.05) is 30.3 Å². The Morgan fingerprint density at radius 1 is 1.20 bits per heavy atom. The Bertz CT molecular complexity index is 687. The highest BCUT2D eigenvalue weighted by atomic mass is 16.5. The number of aromatic nitrogens is 1. The molecule has 0 spiro atoms. The topological polar surface area (TPSA) is 69.8 Å². The molecule has 0 bridgehead atoms. The summed E-state index contributed by atoms with van der Waals surface area (Å²) >= 11 is 0. The molecular weight excluding hydrogens is 318 g/mol. The van der Waals surface area contributed by atoms with Crippen molar-refractivity contribution in [3.63, 3.8) is 0 Å². The Balaban J connectivity index is 1.59. The minimum atomic E-state index is 0.531. The molecule has 2 heterocycles. The van der Waals surface area contributed by atoms with Crippen LogP contribution in [-0.2, 0) is 11.2 Å². The third kappa shape index (κ3) is 5.08. The summed E-state index contributed by atoms with van der Waals surface area (Å²) in [7, 11) is 1.66. The fourth-order valence-electron chi connectivity index (χ4n) is 2.84. The number of ether oxygens (including phenoxy) is 3. The average Bonchev–Trinajstić information content (AvgIpc) is 2.65. The number of nitrogens with two attached hydrogens (primary N) is 1. The number of benzene rings is 1. The van der Waals surface area contributed by atoms with Gasteiger partial charge in [-0.25, -0.2) is 4.98 Å². The smallest absolute Gasteiger partial charge is 0.138 e. The van der Waals surface area contributed by atoms with E-state index < -0.39 is 0 Å². The predicted molar refractivity (Wildman–Crippen MR) is 97.2 cm³/mol. The lowest BCUT2D eigenvalue weighted by Gasteiger charge is -2.26. The van der Waals surface area contributed by atoms with E-state index in [2.05, 4.69) is 9.88 Å². The van der Waals surface area contributed by atoms with Crippen LogP contribution in [0.25, 0.3) is 0 Å². The third-order valence-electron chi connectivity index (χ3n) is 4.29. The van der Waals surface area contributed by atoms with E-state index in [-0.39, 0.29) is 0 Å². The Morgan fingerprint density at radius 3 is 2.84 bits per heavy atom. The van der Waals surface area contributed by atoms with Crippen LogP contribution < -0.4 is 15.2 Å². The standard InChI is InChI=1S/C19H25N3O3/c1-23-17-4-2-3-15(12-17)11-16-13-18(14-21-19(16)20)25-10-7-22-5-8-24-9-6-22/h2-4,12-14H,5-11H2,1H3,(H2,20,21). The van der Waals surface area contributed by atoms with Crippen molar-refractivity contribution in [3.05, 3.63) is 47.7 Å². The van der Waals surface area contributed by atoms with Gasteiger partial charge in [-0.3, -0.25) is 4.90 Å². The van der Waals surface area contributed by atoms with Gasteiger partial charge < -0.3 is 19.9 Å².